The van der Waals surface area contributed by atoms with Crippen LogP contribution < -0.4 is 0 Å². The number of halogens is 2. The van der Waals surface area contributed by atoms with Crippen LogP contribution in [0.5, 0.6) is 0 Å². The van der Waals surface area contributed by atoms with Crippen LogP contribution in [0.2, 0.25) is 0 Å². The summed E-state index contributed by atoms with van der Waals surface area (Å²) in [6, 6.07) is 0. The van der Waals surface area contributed by atoms with Crippen LogP contribution >= 0.6 is 15.9 Å². The van der Waals surface area contributed by atoms with Crippen molar-refractivity contribution < 1.29 is 4.39 Å². The minimum absolute atomic E-state index is 0.146. The van der Waals surface area contributed by atoms with Gasteiger partial charge < -0.3 is 0 Å². The summed E-state index contributed by atoms with van der Waals surface area (Å²) in [5.41, 5.74) is 1.26. The van der Waals surface area contributed by atoms with E-state index < -0.39 is 0 Å². The van der Waals surface area contributed by atoms with Gasteiger partial charge in [0.05, 0.1) is 0 Å². The molecule has 1 aromatic heterocycles. The van der Waals surface area contributed by atoms with E-state index in [1.807, 2.05) is 13.8 Å². The second-order valence-corrected chi connectivity index (χ2v) is 3.87. The molecule has 3 heteroatoms. The first-order valence-corrected chi connectivity index (χ1v) is 4.63. The Hall–Kier alpha value is -0.440. The Morgan fingerprint density at radius 1 is 1.50 bits per heavy atom. The molecule has 0 fully saturated rings. The average Bonchev–Trinajstić information content (AvgIpc) is 1.97. The lowest BCUT2D eigenvalue weighted by atomic mass is 10.0. The minimum atomic E-state index is -0.146. The monoisotopic (exact) mass is 231 g/mol. The highest BCUT2D eigenvalue weighted by Crippen LogP contribution is 2.26. The van der Waals surface area contributed by atoms with Gasteiger partial charge in [0.15, 0.2) is 0 Å². The summed E-state index contributed by atoms with van der Waals surface area (Å²) in [6.07, 6.45) is 1.53. The molecule has 0 aliphatic heterocycles. The van der Waals surface area contributed by atoms with Crippen LogP contribution in [0, 0.1) is 12.7 Å². The maximum absolute atomic E-state index is 13.4. The number of hydrogen-bond acceptors (Lipinski definition) is 1. The van der Waals surface area contributed by atoms with Crippen molar-refractivity contribution in [2.45, 2.75) is 26.7 Å². The summed E-state index contributed by atoms with van der Waals surface area (Å²) in [4.78, 5) is 4.04. The van der Waals surface area contributed by atoms with E-state index in [4.69, 9.17) is 0 Å². The molecule has 66 valence electrons. The quantitative estimate of drug-likeness (QED) is 0.676. The maximum Gasteiger partial charge on any atom is 0.133 e. The summed E-state index contributed by atoms with van der Waals surface area (Å²) in [7, 11) is 0. The molecule has 12 heavy (non-hydrogen) atoms. The maximum atomic E-state index is 13.4. The van der Waals surface area contributed by atoms with Crippen LogP contribution in [0.25, 0.3) is 0 Å². The van der Waals surface area contributed by atoms with E-state index >= 15 is 0 Å². The van der Waals surface area contributed by atoms with Gasteiger partial charge in [-0.3, -0.25) is 0 Å². The molecule has 0 amide bonds. The van der Waals surface area contributed by atoms with E-state index in [1.165, 1.54) is 6.20 Å². The summed E-state index contributed by atoms with van der Waals surface area (Å²) in [5.74, 6) is 0.0126. The molecule has 0 aliphatic rings. The summed E-state index contributed by atoms with van der Waals surface area (Å²) >= 11 is 3.23. The Morgan fingerprint density at radius 2 is 2.08 bits per heavy atom. The van der Waals surface area contributed by atoms with Crippen LogP contribution in [0.1, 0.15) is 30.9 Å². The number of aryl methyl sites for hydroxylation is 1. The molecule has 1 heterocycles. The fraction of sp³-hybridized carbons (Fsp3) is 0.444. The lowest BCUT2D eigenvalue weighted by Crippen LogP contribution is -1.99. The van der Waals surface area contributed by atoms with Crippen LogP contribution in [0.15, 0.2) is 10.8 Å². The third-order valence-corrected chi connectivity index (χ3v) is 2.39. The van der Waals surface area contributed by atoms with E-state index in [-0.39, 0.29) is 11.7 Å². The van der Waals surface area contributed by atoms with Crippen LogP contribution in [0.4, 0.5) is 4.39 Å². The van der Waals surface area contributed by atoms with E-state index in [9.17, 15) is 4.39 Å². The average molecular weight is 232 g/mol. The predicted octanol–water partition coefficient (Wildman–Crippen LogP) is 3.42. The van der Waals surface area contributed by atoms with E-state index in [0.717, 1.165) is 0 Å². The van der Waals surface area contributed by atoms with Crippen LogP contribution in [-0.4, -0.2) is 4.98 Å². The van der Waals surface area contributed by atoms with Crippen LogP contribution in [0.3, 0.4) is 0 Å². The molecule has 0 saturated heterocycles. The van der Waals surface area contributed by atoms with Crippen molar-refractivity contribution in [1.82, 2.24) is 4.98 Å². The first-order valence-electron chi connectivity index (χ1n) is 3.84. The predicted molar refractivity (Wildman–Crippen MR) is 50.7 cm³/mol. The van der Waals surface area contributed by atoms with E-state index in [0.29, 0.717) is 15.7 Å². The molecule has 0 aromatic carbocycles. The zero-order valence-corrected chi connectivity index (χ0v) is 8.94. The van der Waals surface area contributed by atoms with Crippen molar-refractivity contribution >= 4 is 15.9 Å². The van der Waals surface area contributed by atoms with Crippen molar-refractivity contribution in [2.24, 2.45) is 0 Å². The second kappa shape index (κ2) is 3.52. The summed E-state index contributed by atoms with van der Waals surface area (Å²) in [6.45, 7) is 5.62. The van der Waals surface area contributed by atoms with Crippen molar-refractivity contribution in [1.29, 1.82) is 0 Å². The third-order valence-electron chi connectivity index (χ3n) is 1.75. The van der Waals surface area contributed by atoms with Crippen LogP contribution in [-0.2, 0) is 0 Å². The SMILES string of the molecule is Cc1cnc(Br)c(C(C)C)c1F. The lowest BCUT2D eigenvalue weighted by molar-refractivity contribution is 0.583. The molecule has 0 unspecified atom stereocenters. The highest BCUT2D eigenvalue weighted by molar-refractivity contribution is 9.10. The Morgan fingerprint density at radius 3 is 2.50 bits per heavy atom. The van der Waals surface area contributed by atoms with Gasteiger partial charge in [0.2, 0.25) is 0 Å². The molecule has 0 atom stereocenters. The molecule has 0 spiro atoms. The van der Waals surface area contributed by atoms with Gasteiger partial charge in [-0.1, -0.05) is 13.8 Å². The molecule has 0 saturated carbocycles. The van der Waals surface area contributed by atoms with E-state index in [1.54, 1.807) is 6.92 Å². The molecule has 0 N–H and O–H groups in total. The zero-order valence-electron chi connectivity index (χ0n) is 7.36. The Labute approximate surface area is 80.1 Å². The number of pyridine rings is 1. The molecule has 1 aromatic rings. The number of hydrogen-bond donors (Lipinski definition) is 0. The third kappa shape index (κ3) is 1.66. The molecule has 1 rings (SSSR count). The molecule has 0 aliphatic carbocycles. The normalized spacial score (nSPS) is 10.8. The smallest absolute Gasteiger partial charge is 0.133 e. The van der Waals surface area contributed by atoms with Gasteiger partial charge in [0.25, 0.3) is 0 Å². The fourth-order valence-corrected chi connectivity index (χ4v) is 1.81. The van der Waals surface area contributed by atoms with Gasteiger partial charge in [-0.2, -0.15) is 0 Å². The van der Waals surface area contributed by atoms with E-state index in [2.05, 4.69) is 20.9 Å². The lowest BCUT2D eigenvalue weighted by Gasteiger charge is -2.09. The first kappa shape index (κ1) is 9.65. The van der Waals surface area contributed by atoms with Gasteiger partial charge in [-0.05, 0) is 28.8 Å². The highest BCUT2D eigenvalue weighted by Gasteiger charge is 2.13. The standard InChI is InChI=1S/C9H11BrFN/c1-5(2)7-8(11)6(3)4-12-9(7)10/h4-5H,1-3H3. The highest BCUT2D eigenvalue weighted by atomic mass is 79.9. The zero-order chi connectivity index (χ0) is 9.30. The number of aromatic nitrogens is 1. The number of rotatable bonds is 1. The molecule has 1 nitrogen and oxygen atoms in total. The van der Waals surface area contributed by atoms with Gasteiger partial charge >= 0.3 is 0 Å². The molecule has 0 radical (unpaired) electrons. The Kier molecular flexibility index (Phi) is 2.83. The van der Waals surface area contributed by atoms with Gasteiger partial charge in [-0.25, -0.2) is 9.37 Å². The second-order valence-electron chi connectivity index (χ2n) is 3.11. The fourth-order valence-electron chi connectivity index (χ4n) is 1.07. The minimum Gasteiger partial charge on any atom is -0.249 e. The topological polar surface area (TPSA) is 12.9 Å². The Bertz CT molecular complexity index is 297. The van der Waals surface area contributed by atoms with Crippen molar-refractivity contribution in [3.8, 4) is 0 Å². The van der Waals surface area contributed by atoms with Gasteiger partial charge in [0, 0.05) is 17.3 Å². The van der Waals surface area contributed by atoms with Crippen molar-refractivity contribution in [3.63, 3.8) is 0 Å². The molecular formula is C9H11BrFN. The summed E-state index contributed by atoms with van der Waals surface area (Å²) < 4.78 is 14.1. The van der Waals surface area contributed by atoms with Crippen molar-refractivity contribution in [2.75, 3.05) is 0 Å². The van der Waals surface area contributed by atoms with Gasteiger partial charge in [0.1, 0.15) is 10.4 Å². The number of nitrogens with zero attached hydrogens (tertiary/aromatic N) is 1. The Balaban J connectivity index is 3.33. The summed E-state index contributed by atoms with van der Waals surface area (Å²) in [5, 5.41) is 0. The molecule has 0 bridgehead atoms. The first-order chi connectivity index (χ1) is 5.54. The largest absolute Gasteiger partial charge is 0.249 e. The molecular weight excluding hydrogens is 221 g/mol. The van der Waals surface area contributed by atoms with Crippen molar-refractivity contribution in [3.05, 3.63) is 27.7 Å². The van der Waals surface area contributed by atoms with Gasteiger partial charge in [-0.15, -0.1) is 0 Å².